The number of benzene rings is 1. The molecule has 0 bridgehead atoms. The standard InChI is InChI=1S/C19H18ClN3O5S2/c1-12-18(29-19(25)21-12)30(26,27)23-10-8-22(9-11-23)17(24)16-7-6-15(28-16)13-2-4-14(20)5-3-13/h2-7H,8-11H2,1H3,(H,21,25). The lowest BCUT2D eigenvalue weighted by Gasteiger charge is -2.33. The second kappa shape index (κ2) is 8.03. The van der Waals surface area contributed by atoms with Crippen molar-refractivity contribution in [3.05, 3.63) is 62.5 Å². The van der Waals surface area contributed by atoms with Crippen molar-refractivity contribution in [3.8, 4) is 11.3 Å². The van der Waals surface area contributed by atoms with Crippen LogP contribution in [0.15, 0.2) is 49.8 Å². The van der Waals surface area contributed by atoms with Crippen LogP contribution in [-0.2, 0) is 10.0 Å². The summed E-state index contributed by atoms with van der Waals surface area (Å²) >= 11 is 6.57. The van der Waals surface area contributed by atoms with Gasteiger partial charge in [0, 0.05) is 42.5 Å². The molecule has 0 aliphatic carbocycles. The van der Waals surface area contributed by atoms with Crippen molar-refractivity contribution in [1.82, 2.24) is 14.2 Å². The lowest BCUT2D eigenvalue weighted by molar-refractivity contribution is 0.0667. The number of furan rings is 1. The highest BCUT2D eigenvalue weighted by atomic mass is 35.5. The van der Waals surface area contributed by atoms with Crippen LogP contribution in [0, 0.1) is 6.92 Å². The van der Waals surface area contributed by atoms with Crippen molar-refractivity contribution in [1.29, 1.82) is 0 Å². The van der Waals surface area contributed by atoms with E-state index in [0.717, 1.165) is 5.56 Å². The van der Waals surface area contributed by atoms with Gasteiger partial charge in [-0.15, -0.1) is 0 Å². The van der Waals surface area contributed by atoms with Crippen LogP contribution in [0.25, 0.3) is 11.3 Å². The second-order valence-electron chi connectivity index (χ2n) is 6.79. The van der Waals surface area contributed by atoms with Crippen LogP contribution >= 0.6 is 22.9 Å². The molecule has 1 aliphatic heterocycles. The van der Waals surface area contributed by atoms with E-state index in [0.29, 0.717) is 27.8 Å². The Hall–Kier alpha value is -2.40. The predicted molar refractivity (Wildman–Crippen MR) is 113 cm³/mol. The minimum atomic E-state index is -3.77. The molecule has 1 N–H and O–H groups in total. The zero-order valence-electron chi connectivity index (χ0n) is 15.9. The van der Waals surface area contributed by atoms with Crippen molar-refractivity contribution in [3.63, 3.8) is 0 Å². The summed E-state index contributed by atoms with van der Waals surface area (Å²) in [7, 11) is -3.77. The summed E-state index contributed by atoms with van der Waals surface area (Å²) in [6.45, 7) is 2.30. The van der Waals surface area contributed by atoms with Gasteiger partial charge in [-0.05, 0) is 43.3 Å². The van der Waals surface area contributed by atoms with Crippen LogP contribution in [0.3, 0.4) is 0 Å². The van der Waals surface area contributed by atoms with Crippen molar-refractivity contribution in [2.24, 2.45) is 0 Å². The van der Waals surface area contributed by atoms with Crippen LogP contribution in [0.5, 0.6) is 0 Å². The van der Waals surface area contributed by atoms with E-state index in [9.17, 15) is 18.0 Å². The van der Waals surface area contributed by atoms with Crippen LogP contribution in [0.1, 0.15) is 16.2 Å². The number of halogens is 1. The average Bonchev–Trinajstić information content (AvgIpc) is 3.35. The minimum absolute atomic E-state index is 0.0194. The zero-order chi connectivity index (χ0) is 21.5. The Morgan fingerprint density at radius 2 is 1.77 bits per heavy atom. The SMILES string of the molecule is Cc1[nH]c(=O)sc1S(=O)(=O)N1CCN(C(=O)c2ccc(-c3ccc(Cl)cc3)o2)CC1. The number of carbonyl (C=O) groups is 1. The summed E-state index contributed by atoms with van der Waals surface area (Å²) in [6.07, 6.45) is 0. The van der Waals surface area contributed by atoms with Crippen molar-refractivity contribution < 1.29 is 17.6 Å². The number of aromatic nitrogens is 1. The maximum absolute atomic E-state index is 12.8. The van der Waals surface area contributed by atoms with E-state index >= 15 is 0 Å². The third-order valence-electron chi connectivity index (χ3n) is 4.83. The number of H-pyrrole nitrogens is 1. The first-order chi connectivity index (χ1) is 14.3. The van der Waals surface area contributed by atoms with Gasteiger partial charge >= 0.3 is 4.87 Å². The molecule has 0 unspecified atom stereocenters. The number of nitrogens with one attached hydrogen (secondary N) is 1. The third kappa shape index (κ3) is 3.95. The highest BCUT2D eigenvalue weighted by Crippen LogP contribution is 2.26. The van der Waals surface area contributed by atoms with Gasteiger partial charge in [-0.3, -0.25) is 9.59 Å². The number of hydrogen-bond donors (Lipinski definition) is 1. The molecule has 0 radical (unpaired) electrons. The molecule has 0 saturated carbocycles. The van der Waals surface area contributed by atoms with Crippen molar-refractivity contribution >= 4 is 38.9 Å². The molecular weight excluding hydrogens is 450 g/mol. The molecule has 4 rings (SSSR count). The van der Waals surface area contributed by atoms with E-state index in [1.807, 2.05) is 0 Å². The largest absolute Gasteiger partial charge is 0.451 e. The molecule has 1 aliphatic rings. The monoisotopic (exact) mass is 467 g/mol. The predicted octanol–water partition coefficient (Wildman–Crippen LogP) is 2.80. The highest BCUT2D eigenvalue weighted by molar-refractivity contribution is 7.91. The summed E-state index contributed by atoms with van der Waals surface area (Å²) in [6, 6.07) is 10.4. The van der Waals surface area contributed by atoms with Crippen LogP contribution in [0.4, 0.5) is 0 Å². The molecule has 11 heteroatoms. The van der Waals surface area contributed by atoms with Gasteiger partial charge < -0.3 is 14.3 Å². The molecule has 158 valence electrons. The minimum Gasteiger partial charge on any atom is -0.451 e. The van der Waals surface area contributed by atoms with Crippen LogP contribution in [-0.4, -0.2) is 54.7 Å². The zero-order valence-corrected chi connectivity index (χ0v) is 18.3. The lowest BCUT2D eigenvalue weighted by Crippen LogP contribution is -2.50. The molecule has 2 aromatic heterocycles. The van der Waals surface area contributed by atoms with Gasteiger partial charge in [0.1, 0.15) is 5.76 Å². The van der Waals surface area contributed by atoms with E-state index in [1.54, 1.807) is 48.2 Å². The maximum Gasteiger partial charge on any atom is 0.305 e. The summed E-state index contributed by atoms with van der Waals surface area (Å²) < 4.78 is 32.6. The summed E-state index contributed by atoms with van der Waals surface area (Å²) in [5, 5.41) is 0.608. The van der Waals surface area contributed by atoms with Gasteiger partial charge in [-0.1, -0.05) is 22.9 Å². The number of thiazole rings is 1. The Labute approximate surface area is 181 Å². The highest BCUT2D eigenvalue weighted by Gasteiger charge is 2.33. The molecule has 1 aromatic carbocycles. The first kappa shape index (κ1) is 20.9. The van der Waals surface area contributed by atoms with Crippen molar-refractivity contribution in [2.75, 3.05) is 26.2 Å². The van der Waals surface area contributed by atoms with Crippen LogP contribution in [0.2, 0.25) is 5.02 Å². The molecule has 1 amide bonds. The van der Waals surface area contributed by atoms with Gasteiger partial charge in [-0.2, -0.15) is 4.31 Å². The number of hydrogen-bond acceptors (Lipinski definition) is 6. The Balaban J connectivity index is 1.44. The molecule has 0 atom stereocenters. The van der Waals surface area contributed by atoms with E-state index < -0.39 is 14.9 Å². The molecule has 0 spiro atoms. The Morgan fingerprint density at radius 3 is 2.37 bits per heavy atom. The van der Waals surface area contributed by atoms with Gasteiger partial charge in [-0.25, -0.2) is 8.42 Å². The molecule has 3 aromatic rings. The number of aryl methyl sites for hydroxylation is 1. The second-order valence-corrected chi connectivity index (χ2v) is 10.3. The van der Waals surface area contributed by atoms with Crippen LogP contribution < -0.4 is 4.87 Å². The molecule has 1 saturated heterocycles. The smallest absolute Gasteiger partial charge is 0.305 e. The number of piperazine rings is 1. The summed E-state index contributed by atoms with van der Waals surface area (Å²) in [5.74, 6) is 0.444. The topological polar surface area (TPSA) is 104 Å². The maximum atomic E-state index is 12.8. The first-order valence-corrected chi connectivity index (χ1v) is 11.7. The molecule has 30 heavy (non-hydrogen) atoms. The Bertz CT molecular complexity index is 1240. The summed E-state index contributed by atoms with van der Waals surface area (Å²) in [5.41, 5.74) is 1.13. The number of amides is 1. The fraction of sp³-hybridized carbons (Fsp3) is 0.263. The average molecular weight is 468 g/mol. The van der Waals surface area contributed by atoms with Gasteiger partial charge in [0.05, 0.1) is 0 Å². The molecule has 1 fully saturated rings. The van der Waals surface area contributed by atoms with E-state index in [1.165, 1.54) is 4.31 Å². The normalized spacial score (nSPS) is 15.5. The van der Waals surface area contributed by atoms with Crippen molar-refractivity contribution in [2.45, 2.75) is 11.1 Å². The van der Waals surface area contributed by atoms with Gasteiger partial charge in [0.15, 0.2) is 9.97 Å². The van der Waals surface area contributed by atoms with E-state index in [2.05, 4.69) is 4.98 Å². The summed E-state index contributed by atoms with van der Waals surface area (Å²) in [4.78, 5) is 27.9. The number of rotatable bonds is 4. The van der Waals surface area contributed by atoms with Gasteiger partial charge in [0.2, 0.25) is 0 Å². The molecule has 3 heterocycles. The molecule has 8 nitrogen and oxygen atoms in total. The number of sulfonamides is 1. The Kier molecular flexibility index (Phi) is 5.58. The molecular formula is C19H18ClN3O5S2. The lowest BCUT2D eigenvalue weighted by atomic mass is 10.2. The number of carbonyl (C=O) groups excluding carboxylic acids is 1. The Morgan fingerprint density at radius 1 is 1.10 bits per heavy atom. The van der Waals surface area contributed by atoms with E-state index in [-0.39, 0.29) is 42.1 Å². The number of aromatic amines is 1. The van der Waals surface area contributed by atoms with E-state index in [4.69, 9.17) is 16.0 Å². The number of nitrogens with zero attached hydrogens (tertiary/aromatic N) is 2. The third-order valence-corrected chi connectivity index (χ3v) is 8.56. The van der Waals surface area contributed by atoms with Gasteiger partial charge in [0.25, 0.3) is 15.9 Å². The fourth-order valence-corrected chi connectivity index (χ4v) is 6.25. The first-order valence-electron chi connectivity index (χ1n) is 9.10. The quantitative estimate of drug-likeness (QED) is 0.635. The fourth-order valence-electron chi connectivity index (χ4n) is 3.26.